The van der Waals surface area contributed by atoms with Crippen LogP contribution in [-0.4, -0.2) is 17.9 Å². The number of nitrogens with one attached hydrogen (secondary N) is 1. The van der Waals surface area contributed by atoms with E-state index in [4.69, 9.17) is 0 Å². The molecule has 0 saturated carbocycles. The number of rotatable bonds is 6. The molecule has 0 aliphatic heterocycles. The van der Waals surface area contributed by atoms with Gasteiger partial charge in [-0.15, -0.1) is 0 Å². The fourth-order valence-electron chi connectivity index (χ4n) is 2.57. The van der Waals surface area contributed by atoms with Crippen LogP contribution in [0.5, 0.6) is 0 Å². The summed E-state index contributed by atoms with van der Waals surface area (Å²) in [5.41, 5.74) is 2.50. The van der Waals surface area contributed by atoms with Gasteiger partial charge in [-0.25, -0.2) is 0 Å². The van der Waals surface area contributed by atoms with Crippen LogP contribution in [-0.2, 0) is 0 Å². The molecule has 0 radical (unpaired) electrons. The first kappa shape index (κ1) is 16.7. The van der Waals surface area contributed by atoms with Crippen molar-refractivity contribution in [1.82, 2.24) is 5.32 Å². The summed E-state index contributed by atoms with van der Waals surface area (Å²) in [6.45, 7) is 6.90. The van der Waals surface area contributed by atoms with E-state index in [1.165, 1.54) is 11.1 Å². The van der Waals surface area contributed by atoms with Crippen molar-refractivity contribution in [3.8, 4) is 0 Å². The molecule has 22 heavy (non-hydrogen) atoms. The zero-order chi connectivity index (χ0) is 16.0. The van der Waals surface area contributed by atoms with E-state index in [1.54, 1.807) is 0 Å². The maximum atomic E-state index is 10.1. The monoisotopic (exact) mass is 297 g/mol. The van der Waals surface area contributed by atoms with Gasteiger partial charge in [0.2, 0.25) is 0 Å². The molecule has 2 aromatic carbocycles. The van der Waals surface area contributed by atoms with Gasteiger partial charge < -0.3 is 5.11 Å². The second-order valence-electron chi connectivity index (χ2n) is 6.89. The third-order valence-electron chi connectivity index (χ3n) is 3.99. The smallest absolute Gasteiger partial charge is 0.109 e. The Morgan fingerprint density at radius 3 is 1.73 bits per heavy atom. The Labute approximate surface area is 134 Å². The van der Waals surface area contributed by atoms with E-state index in [9.17, 15) is 5.11 Å². The summed E-state index contributed by atoms with van der Waals surface area (Å²) in [5, 5.41) is 13.4. The molecule has 2 nitrogen and oxygen atoms in total. The van der Waals surface area contributed by atoms with Gasteiger partial charge in [-0.1, -0.05) is 81.4 Å². The van der Waals surface area contributed by atoms with Crippen LogP contribution >= 0.6 is 0 Å². The van der Waals surface area contributed by atoms with Gasteiger partial charge in [-0.05, 0) is 24.1 Å². The quantitative estimate of drug-likeness (QED) is 0.785. The van der Waals surface area contributed by atoms with Gasteiger partial charge in [-0.3, -0.25) is 5.32 Å². The molecule has 2 rings (SSSR count). The van der Waals surface area contributed by atoms with Gasteiger partial charge >= 0.3 is 0 Å². The van der Waals surface area contributed by atoms with Gasteiger partial charge in [0.05, 0.1) is 0 Å². The van der Waals surface area contributed by atoms with E-state index < -0.39 is 6.23 Å². The van der Waals surface area contributed by atoms with Crippen LogP contribution in [0.25, 0.3) is 0 Å². The molecule has 0 aliphatic rings. The summed E-state index contributed by atoms with van der Waals surface area (Å²) in [7, 11) is 0. The predicted octanol–water partition coefficient (Wildman–Crippen LogP) is 4.16. The van der Waals surface area contributed by atoms with Crippen LogP contribution < -0.4 is 5.32 Å². The summed E-state index contributed by atoms with van der Waals surface area (Å²) in [4.78, 5) is 0. The normalized spacial score (nSPS) is 13.3. The third kappa shape index (κ3) is 4.69. The molecule has 2 aromatic rings. The minimum atomic E-state index is -0.486. The molecule has 2 N–H and O–H groups in total. The van der Waals surface area contributed by atoms with Crippen molar-refractivity contribution >= 4 is 0 Å². The van der Waals surface area contributed by atoms with Crippen molar-refractivity contribution < 1.29 is 5.11 Å². The molecule has 0 aromatic heterocycles. The number of hydrogen-bond donors (Lipinski definition) is 2. The Hall–Kier alpha value is -1.64. The zero-order valence-electron chi connectivity index (χ0n) is 13.8. The molecule has 0 spiro atoms. The summed E-state index contributed by atoms with van der Waals surface area (Å²) < 4.78 is 0. The van der Waals surface area contributed by atoms with Crippen LogP contribution in [0.2, 0.25) is 0 Å². The van der Waals surface area contributed by atoms with Crippen LogP contribution in [0.15, 0.2) is 60.7 Å². The molecule has 0 saturated heterocycles. The van der Waals surface area contributed by atoms with Crippen molar-refractivity contribution in [1.29, 1.82) is 0 Å². The average molecular weight is 297 g/mol. The largest absolute Gasteiger partial charge is 0.378 e. The lowest BCUT2D eigenvalue weighted by Gasteiger charge is -2.27. The van der Waals surface area contributed by atoms with E-state index in [2.05, 4.69) is 53.8 Å². The maximum absolute atomic E-state index is 10.1. The van der Waals surface area contributed by atoms with E-state index >= 15 is 0 Å². The van der Waals surface area contributed by atoms with Gasteiger partial charge in [0.15, 0.2) is 0 Å². The van der Waals surface area contributed by atoms with Crippen LogP contribution in [0, 0.1) is 5.41 Å². The molecule has 118 valence electrons. The fourth-order valence-corrected chi connectivity index (χ4v) is 2.57. The van der Waals surface area contributed by atoms with Crippen molar-refractivity contribution in [3.63, 3.8) is 0 Å². The zero-order valence-corrected chi connectivity index (χ0v) is 13.8. The molecule has 2 heteroatoms. The average Bonchev–Trinajstić information content (AvgIpc) is 2.52. The van der Waals surface area contributed by atoms with E-state index in [0.717, 1.165) is 13.0 Å². The lowest BCUT2D eigenvalue weighted by molar-refractivity contribution is 0.0331. The first-order chi connectivity index (χ1) is 10.5. The SMILES string of the molecule is CC(C)(C)C(O)NCCC(c1ccccc1)c1ccccc1. The van der Waals surface area contributed by atoms with Crippen molar-refractivity contribution in [3.05, 3.63) is 71.8 Å². The number of aliphatic hydroxyl groups excluding tert-OH is 1. The van der Waals surface area contributed by atoms with Gasteiger partial charge in [-0.2, -0.15) is 0 Å². The molecule has 1 atom stereocenters. The third-order valence-corrected chi connectivity index (χ3v) is 3.99. The molecule has 0 aliphatic carbocycles. The topological polar surface area (TPSA) is 32.3 Å². The van der Waals surface area contributed by atoms with E-state index in [-0.39, 0.29) is 5.41 Å². The van der Waals surface area contributed by atoms with E-state index in [1.807, 2.05) is 32.9 Å². The summed E-state index contributed by atoms with van der Waals surface area (Å²) in [6, 6.07) is 21.2. The first-order valence-corrected chi connectivity index (χ1v) is 8.00. The minimum Gasteiger partial charge on any atom is -0.378 e. The summed E-state index contributed by atoms with van der Waals surface area (Å²) in [5.74, 6) is 0.349. The lowest BCUT2D eigenvalue weighted by Crippen LogP contribution is -2.40. The van der Waals surface area contributed by atoms with Crippen molar-refractivity contribution in [2.45, 2.75) is 39.3 Å². The Balaban J connectivity index is 2.07. The summed E-state index contributed by atoms with van der Waals surface area (Å²) >= 11 is 0. The van der Waals surface area contributed by atoms with Crippen molar-refractivity contribution in [2.75, 3.05) is 6.54 Å². The highest BCUT2D eigenvalue weighted by atomic mass is 16.3. The highest BCUT2D eigenvalue weighted by Gasteiger charge is 2.22. The Morgan fingerprint density at radius 1 is 0.864 bits per heavy atom. The van der Waals surface area contributed by atoms with Crippen LogP contribution in [0.4, 0.5) is 0 Å². The molecule has 0 amide bonds. The second-order valence-corrected chi connectivity index (χ2v) is 6.89. The van der Waals surface area contributed by atoms with Crippen LogP contribution in [0.3, 0.4) is 0 Å². The molecule has 0 fully saturated rings. The molecule has 0 heterocycles. The fraction of sp³-hybridized carbons (Fsp3) is 0.400. The lowest BCUT2D eigenvalue weighted by atomic mass is 9.88. The molecule has 0 bridgehead atoms. The van der Waals surface area contributed by atoms with E-state index in [0.29, 0.717) is 5.92 Å². The standard InChI is InChI=1S/C20H27NO/c1-20(2,3)19(22)21-15-14-18(16-10-6-4-7-11-16)17-12-8-5-9-13-17/h4-13,18-19,21-22H,14-15H2,1-3H3. The first-order valence-electron chi connectivity index (χ1n) is 8.00. The number of hydrogen-bond acceptors (Lipinski definition) is 2. The maximum Gasteiger partial charge on any atom is 0.109 e. The predicted molar refractivity (Wildman–Crippen MR) is 92.8 cm³/mol. The highest BCUT2D eigenvalue weighted by Crippen LogP contribution is 2.27. The molecular formula is C20H27NO. The highest BCUT2D eigenvalue weighted by molar-refractivity contribution is 5.32. The number of aliphatic hydroxyl groups is 1. The summed E-state index contributed by atoms with van der Waals surface area (Å²) in [6.07, 6.45) is 0.473. The van der Waals surface area contributed by atoms with Gasteiger partial charge in [0.25, 0.3) is 0 Å². The van der Waals surface area contributed by atoms with Gasteiger partial charge in [0, 0.05) is 11.3 Å². The molecule has 1 unspecified atom stereocenters. The van der Waals surface area contributed by atoms with Gasteiger partial charge in [0.1, 0.15) is 6.23 Å². The molecular weight excluding hydrogens is 270 g/mol. The van der Waals surface area contributed by atoms with Crippen molar-refractivity contribution in [2.24, 2.45) is 5.41 Å². The number of benzene rings is 2. The minimum absolute atomic E-state index is 0.144. The Morgan fingerprint density at radius 2 is 1.32 bits per heavy atom. The Bertz CT molecular complexity index is 505. The second kappa shape index (κ2) is 7.57. The van der Waals surface area contributed by atoms with Crippen LogP contribution in [0.1, 0.15) is 44.2 Å². The Kier molecular flexibility index (Phi) is 5.76.